The summed E-state index contributed by atoms with van der Waals surface area (Å²) in [6.07, 6.45) is 0. The van der Waals surface area contributed by atoms with Crippen LogP contribution in [-0.2, 0) is 13.1 Å². The molecule has 0 bridgehead atoms. The number of hydrogen-bond donors (Lipinski definition) is 1. The molecule has 0 aliphatic carbocycles. The first-order valence-corrected chi connectivity index (χ1v) is 6.75. The molecule has 1 aliphatic heterocycles. The summed E-state index contributed by atoms with van der Waals surface area (Å²) in [4.78, 5) is 2.45. The molecule has 2 atom stereocenters. The van der Waals surface area contributed by atoms with Crippen LogP contribution in [0, 0.1) is 0 Å². The van der Waals surface area contributed by atoms with E-state index >= 15 is 0 Å². The van der Waals surface area contributed by atoms with Crippen molar-refractivity contribution in [2.75, 3.05) is 12.3 Å². The van der Waals surface area contributed by atoms with Crippen LogP contribution < -0.4 is 5.73 Å². The van der Waals surface area contributed by atoms with E-state index in [9.17, 15) is 0 Å². The molecule has 0 aromatic carbocycles. The summed E-state index contributed by atoms with van der Waals surface area (Å²) in [6.45, 7) is 6.98. The van der Waals surface area contributed by atoms with Gasteiger partial charge in [-0.15, -0.1) is 0 Å². The van der Waals surface area contributed by atoms with Gasteiger partial charge in [0.05, 0.1) is 12.2 Å². The second-order valence-electron chi connectivity index (χ2n) is 4.28. The summed E-state index contributed by atoms with van der Waals surface area (Å²) in [6, 6.07) is 2.55. The van der Waals surface area contributed by atoms with E-state index in [4.69, 9.17) is 10.3 Å². The number of rotatable bonds is 3. The highest BCUT2D eigenvalue weighted by Gasteiger charge is 2.25. The molecule has 1 fully saturated rings. The fraction of sp³-hybridized carbons (Fsp3) is 0.727. The van der Waals surface area contributed by atoms with Crippen LogP contribution >= 0.6 is 11.8 Å². The molecule has 1 aromatic rings. The minimum atomic E-state index is 0.450. The Kier molecular flexibility index (Phi) is 3.89. The molecule has 0 saturated carbocycles. The van der Waals surface area contributed by atoms with Gasteiger partial charge in [0.25, 0.3) is 0 Å². The molecule has 0 amide bonds. The molecule has 1 aliphatic rings. The molecule has 16 heavy (non-hydrogen) atoms. The van der Waals surface area contributed by atoms with E-state index in [1.807, 2.05) is 17.8 Å². The summed E-state index contributed by atoms with van der Waals surface area (Å²) in [5.41, 5.74) is 6.34. The van der Waals surface area contributed by atoms with Crippen LogP contribution in [0.25, 0.3) is 0 Å². The minimum absolute atomic E-state index is 0.450. The van der Waals surface area contributed by atoms with Crippen LogP contribution in [-0.4, -0.2) is 33.6 Å². The molecular weight excluding hydrogens is 222 g/mol. The van der Waals surface area contributed by atoms with Crippen LogP contribution in [0.15, 0.2) is 10.6 Å². The van der Waals surface area contributed by atoms with Crippen molar-refractivity contribution in [1.29, 1.82) is 0 Å². The van der Waals surface area contributed by atoms with Crippen molar-refractivity contribution in [3.63, 3.8) is 0 Å². The maximum Gasteiger partial charge on any atom is 0.151 e. The summed E-state index contributed by atoms with van der Waals surface area (Å²) < 4.78 is 5.26. The Hall–Kier alpha value is -0.520. The Balaban J connectivity index is 1.97. The van der Waals surface area contributed by atoms with Crippen LogP contribution in [0.5, 0.6) is 0 Å². The SMILES string of the molecule is CC1SCCN(Cc2cc(CN)no2)C1C. The van der Waals surface area contributed by atoms with Crippen molar-refractivity contribution >= 4 is 11.8 Å². The third-order valence-electron chi connectivity index (χ3n) is 3.19. The first kappa shape index (κ1) is 12.0. The van der Waals surface area contributed by atoms with Crippen LogP contribution in [0.4, 0.5) is 0 Å². The van der Waals surface area contributed by atoms with Gasteiger partial charge >= 0.3 is 0 Å². The predicted octanol–water partition coefficient (Wildman–Crippen LogP) is 1.46. The van der Waals surface area contributed by atoms with Crippen molar-refractivity contribution in [2.45, 2.75) is 38.2 Å². The summed E-state index contributed by atoms with van der Waals surface area (Å²) in [5.74, 6) is 2.12. The van der Waals surface area contributed by atoms with Gasteiger partial charge in [0.2, 0.25) is 0 Å². The third-order valence-corrected chi connectivity index (χ3v) is 4.53. The summed E-state index contributed by atoms with van der Waals surface area (Å²) in [7, 11) is 0. The highest BCUT2D eigenvalue weighted by molar-refractivity contribution is 8.00. The third kappa shape index (κ3) is 2.59. The molecule has 5 heteroatoms. The van der Waals surface area contributed by atoms with E-state index in [2.05, 4.69) is 23.9 Å². The van der Waals surface area contributed by atoms with Gasteiger partial charge < -0.3 is 10.3 Å². The lowest BCUT2D eigenvalue weighted by molar-refractivity contribution is 0.181. The van der Waals surface area contributed by atoms with E-state index in [1.54, 1.807) is 0 Å². The monoisotopic (exact) mass is 241 g/mol. The van der Waals surface area contributed by atoms with E-state index in [1.165, 1.54) is 5.75 Å². The Morgan fingerprint density at radius 2 is 2.44 bits per heavy atom. The zero-order valence-corrected chi connectivity index (χ0v) is 10.7. The van der Waals surface area contributed by atoms with Crippen molar-refractivity contribution < 1.29 is 4.52 Å². The van der Waals surface area contributed by atoms with Crippen molar-refractivity contribution in [3.05, 3.63) is 17.5 Å². The maximum atomic E-state index is 5.51. The molecule has 2 heterocycles. The van der Waals surface area contributed by atoms with Gasteiger partial charge in [-0.2, -0.15) is 11.8 Å². The zero-order chi connectivity index (χ0) is 11.5. The lowest BCUT2D eigenvalue weighted by Crippen LogP contribution is -2.43. The van der Waals surface area contributed by atoms with Gasteiger partial charge in [-0.3, -0.25) is 4.90 Å². The van der Waals surface area contributed by atoms with Crippen LogP contribution in [0.1, 0.15) is 25.3 Å². The lowest BCUT2D eigenvalue weighted by atomic mass is 10.2. The minimum Gasteiger partial charge on any atom is -0.360 e. The molecule has 4 nitrogen and oxygen atoms in total. The molecule has 2 rings (SSSR count). The van der Waals surface area contributed by atoms with Gasteiger partial charge in [-0.1, -0.05) is 12.1 Å². The zero-order valence-electron chi connectivity index (χ0n) is 9.85. The first-order chi connectivity index (χ1) is 7.70. The molecular formula is C11H19N3OS. The molecule has 1 aromatic heterocycles. The molecule has 1 saturated heterocycles. The first-order valence-electron chi connectivity index (χ1n) is 5.71. The fourth-order valence-electron chi connectivity index (χ4n) is 1.95. The van der Waals surface area contributed by atoms with Crippen LogP contribution in [0.3, 0.4) is 0 Å². The summed E-state index contributed by atoms with van der Waals surface area (Å²) >= 11 is 2.04. The fourth-order valence-corrected chi connectivity index (χ4v) is 3.11. The summed E-state index contributed by atoms with van der Waals surface area (Å²) in [5, 5.41) is 4.60. The smallest absolute Gasteiger partial charge is 0.151 e. The predicted molar refractivity (Wildman–Crippen MR) is 66.2 cm³/mol. The van der Waals surface area contributed by atoms with Gasteiger partial charge in [0, 0.05) is 36.2 Å². The Morgan fingerprint density at radius 3 is 3.12 bits per heavy atom. The Labute approximate surface area is 101 Å². The Bertz CT molecular complexity index is 342. The van der Waals surface area contributed by atoms with Crippen molar-refractivity contribution in [2.24, 2.45) is 5.73 Å². The topological polar surface area (TPSA) is 55.3 Å². The average Bonchev–Trinajstić information content (AvgIpc) is 2.73. The molecule has 0 spiro atoms. The number of nitrogens with zero attached hydrogens (tertiary/aromatic N) is 2. The average molecular weight is 241 g/mol. The normalized spacial score (nSPS) is 27.2. The number of thioether (sulfide) groups is 1. The Morgan fingerprint density at radius 1 is 1.62 bits per heavy atom. The van der Waals surface area contributed by atoms with Gasteiger partial charge in [0.15, 0.2) is 5.76 Å². The molecule has 2 unspecified atom stereocenters. The second kappa shape index (κ2) is 5.21. The largest absolute Gasteiger partial charge is 0.360 e. The van der Waals surface area contributed by atoms with Gasteiger partial charge in [-0.05, 0) is 6.92 Å². The number of aromatic nitrogens is 1. The van der Waals surface area contributed by atoms with Gasteiger partial charge in [-0.25, -0.2) is 0 Å². The quantitative estimate of drug-likeness (QED) is 0.868. The van der Waals surface area contributed by atoms with Crippen LogP contribution in [0.2, 0.25) is 0 Å². The highest BCUT2D eigenvalue weighted by atomic mass is 32.2. The number of hydrogen-bond acceptors (Lipinski definition) is 5. The van der Waals surface area contributed by atoms with Crippen molar-refractivity contribution in [1.82, 2.24) is 10.1 Å². The molecule has 2 N–H and O–H groups in total. The van der Waals surface area contributed by atoms with E-state index in [0.29, 0.717) is 17.8 Å². The number of nitrogens with two attached hydrogens (primary N) is 1. The van der Waals surface area contributed by atoms with E-state index in [0.717, 1.165) is 24.5 Å². The van der Waals surface area contributed by atoms with Crippen molar-refractivity contribution in [3.8, 4) is 0 Å². The maximum absolute atomic E-state index is 5.51. The lowest BCUT2D eigenvalue weighted by Gasteiger charge is -2.36. The van der Waals surface area contributed by atoms with E-state index < -0.39 is 0 Å². The highest BCUT2D eigenvalue weighted by Crippen LogP contribution is 2.25. The second-order valence-corrected chi connectivity index (χ2v) is 5.76. The molecule has 90 valence electrons. The standard InChI is InChI=1S/C11H19N3OS/c1-8-9(2)16-4-3-14(8)7-11-5-10(6-12)13-15-11/h5,8-9H,3-4,6-7,12H2,1-2H3. The van der Waals surface area contributed by atoms with E-state index in [-0.39, 0.29) is 0 Å². The van der Waals surface area contributed by atoms with Gasteiger partial charge in [0.1, 0.15) is 0 Å². The molecule has 0 radical (unpaired) electrons.